The minimum Gasteiger partial charge on any atom is -0.380 e. The largest absolute Gasteiger partial charge is 0.380 e. The first-order chi connectivity index (χ1) is 20.1. The maximum atomic E-state index is 13.9. The first-order valence-corrected chi connectivity index (χ1v) is 14.6. The fourth-order valence-electron chi connectivity index (χ4n) is 6.14. The second-order valence-corrected chi connectivity index (χ2v) is 12.7. The van der Waals surface area contributed by atoms with Gasteiger partial charge in [0.25, 0.3) is 0 Å². The maximum absolute atomic E-state index is 13.9. The highest BCUT2D eigenvalue weighted by atomic mass is 16.2. The molecule has 0 saturated carbocycles. The Morgan fingerprint density at radius 1 is 1.05 bits per heavy atom. The summed E-state index contributed by atoms with van der Waals surface area (Å²) in [5, 5.41) is 16.7. The summed E-state index contributed by atoms with van der Waals surface area (Å²) in [6.45, 7) is 11.1. The number of carbonyl (C=O) groups excluding carboxylic acids is 1. The van der Waals surface area contributed by atoms with Crippen LogP contribution in [0.4, 0.5) is 33.6 Å². The Balaban J connectivity index is 1.23. The normalized spacial score (nSPS) is 20.9. The first-order valence-electron chi connectivity index (χ1n) is 14.6. The van der Waals surface area contributed by atoms with Crippen molar-refractivity contribution in [1.82, 2.24) is 19.8 Å². The van der Waals surface area contributed by atoms with E-state index in [1.807, 2.05) is 41.4 Å². The van der Waals surface area contributed by atoms with Gasteiger partial charge in [-0.1, -0.05) is 32.9 Å². The van der Waals surface area contributed by atoms with E-state index >= 15 is 0 Å². The number of nitrogens with one attached hydrogen (secondary N) is 2. The van der Waals surface area contributed by atoms with E-state index in [4.69, 9.17) is 4.98 Å². The predicted molar refractivity (Wildman–Crippen MR) is 166 cm³/mol. The van der Waals surface area contributed by atoms with Crippen molar-refractivity contribution in [1.29, 1.82) is 5.26 Å². The molecule has 4 heterocycles. The molecule has 2 atom stereocenters. The lowest BCUT2D eigenvalue weighted by Gasteiger charge is -2.46. The van der Waals surface area contributed by atoms with Crippen LogP contribution < -0.4 is 20.4 Å². The van der Waals surface area contributed by atoms with E-state index in [-0.39, 0.29) is 23.5 Å². The molecule has 2 unspecified atom stereocenters. The number of carbonyl (C=O) groups is 1. The van der Waals surface area contributed by atoms with Gasteiger partial charge in [0.1, 0.15) is 11.9 Å². The van der Waals surface area contributed by atoms with Gasteiger partial charge in [-0.2, -0.15) is 10.2 Å². The molecule has 3 aliphatic heterocycles. The molecule has 10 nitrogen and oxygen atoms in total. The summed E-state index contributed by atoms with van der Waals surface area (Å²) in [5.74, 6) is 1.06. The van der Waals surface area contributed by atoms with Crippen molar-refractivity contribution in [3.8, 4) is 6.07 Å². The number of hydrogen-bond donors (Lipinski definition) is 2. The molecule has 0 radical (unpaired) electrons. The van der Waals surface area contributed by atoms with E-state index < -0.39 is 0 Å². The van der Waals surface area contributed by atoms with Crippen LogP contribution >= 0.6 is 0 Å². The van der Waals surface area contributed by atoms with Crippen LogP contribution in [0.5, 0.6) is 0 Å². The number of para-hydroxylation sites is 1. The third-order valence-electron chi connectivity index (χ3n) is 8.80. The van der Waals surface area contributed by atoms with Crippen molar-refractivity contribution in [2.75, 3.05) is 60.7 Å². The SMILES string of the molecule is CN1CCN(c2ccc(Nc3ncc4c(n3)N(C)C(=O)N(C3CC(C(C)(C)C)Nc5c(C#N)cccc53)C4)cc2)CC1. The van der Waals surface area contributed by atoms with E-state index in [1.54, 1.807) is 11.9 Å². The van der Waals surface area contributed by atoms with Crippen LogP contribution in [0.1, 0.15) is 49.9 Å². The zero-order valence-electron chi connectivity index (χ0n) is 25.1. The molecular weight excluding hydrogens is 526 g/mol. The number of piperazine rings is 1. The van der Waals surface area contributed by atoms with Crippen molar-refractivity contribution in [2.45, 2.75) is 45.8 Å². The summed E-state index contributed by atoms with van der Waals surface area (Å²) in [7, 11) is 3.93. The molecule has 3 aromatic rings. The fraction of sp³-hybridized carbons (Fsp3) is 0.438. The molecule has 2 N–H and O–H groups in total. The maximum Gasteiger partial charge on any atom is 0.326 e. The molecule has 42 heavy (non-hydrogen) atoms. The Kier molecular flexibility index (Phi) is 7.15. The summed E-state index contributed by atoms with van der Waals surface area (Å²) < 4.78 is 0. The first kappa shape index (κ1) is 27.8. The predicted octanol–water partition coefficient (Wildman–Crippen LogP) is 5.19. The van der Waals surface area contributed by atoms with Gasteiger partial charge in [-0.15, -0.1) is 0 Å². The molecule has 1 fully saturated rings. The monoisotopic (exact) mass is 565 g/mol. The summed E-state index contributed by atoms with van der Waals surface area (Å²) in [4.78, 5) is 31.5. The van der Waals surface area contributed by atoms with Gasteiger partial charge in [0.2, 0.25) is 5.95 Å². The smallest absolute Gasteiger partial charge is 0.326 e. The third-order valence-corrected chi connectivity index (χ3v) is 8.80. The molecule has 2 aromatic carbocycles. The Morgan fingerprint density at radius 2 is 1.79 bits per heavy atom. The minimum atomic E-state index is -0.182. The number of hydrogen-bond acceptors (Lipinski definition) is 8. The zero-order valence-corrected chi connectivity index (χ0v) is 25.1. The quantitative estimate of drug-likeness (QED) is 0.446. The number of urea groups is 1. The van der Waals surface area contributed by atoms with Gasteiger partial charge >= 0.3 is 6.03 Å². The van der Waals surface area contributed by atoms with Crippen LogP contribution in [-0.4, -0.2) is 72.1 Å². The van der Waals surface area contributed by atoms with Crippen LogP contribution in [0.2, 0.25) is 0 Å². The number of aromatic nitrogens is 2. The van der Waals surface area contributed by atoms with E-state index in [1.165, 1.54) is 5.69 Å². The summed E-state index contributed by atoms with van der Waals surface area (Å²) >= 11 is 0. The van der Waals surface area contributed by atoms with Crippen LogP contribution in [0.3, 0.4) is 0 Å². The molecule has 10 heteroatoms. The molecule has 0 bridgehead atoms. The molecule has 0 aliphatic carbocycles. The van der Waals surface area contributed by atoms with Gasteiger partial charge in [0.15, 0.2) is 0 Å². The molecule has 2 amide bonds. The number of likely N-dealkylation sites (N-methyl/N-ethyl adjacent to an activating group) is 1. The number of fused-ring (bicyclic) bond motifs is 2. The van der Waals surface area contributed by atoms with Crippen LogP contribution in [-0.2, 0) is 6.54 Å². The van der Waals surface area contributed by atoms with Gasteiger partial charge in [-0.25, -0.2) is 9.78 Å². The van der Waals surface area contributed by atoms with Gasteiger partial charge in [-0.05, 0) is 54.8 Å². The Morgan fingerprint density at radius 3 is 2.48 bits per heavy atom. The van der Waals surface area contributed by atoms with Gasteiger partial charge < -0.3 is 25.3 Å². The fourth-order valence-corrected chi connectivity index (χ4v) is 6.14. The highest BCUT2D eigenvalue weighted by molar-refractivity contribution is 5.94. The lowest BCUT2D eigenvalue weighted by atomic mass is 9.78. The van der Waals surface area contributed by atoms with Crippen LogP contribution in [0.25, 0.3) is 0 Å². The molecule has 1 saturated heterocycles. The molecule has 6 rings (SSSR count). The lowest BCUT2D eigenvalue weighted by molar-refractivity contribution is 0.154. The standard InChI is InChI=1S/C32H39N9O/c1-32(2,3)27-17-26(25-8-6-7-21(18-33)28(25)36-27)41-20-22-19-34-30(37-29(22)39(5)31(41)42)35-23-9-11-24(12-10-23)40-15-13-38(4)14-16-40/h6-12,19,26-27,36H,13-17,20H2,1-5H3,(H,34,35,37). The highest BCUT2D eigenvalue weighted by Gasteiger charge is 2.41. The number of anilines is 5. The van der Waals surface area contributed by atoms with Gasteiger partial charge in [0, 0.05) is 62.4 Å². The molecular formula is C32H39N9O. The van der Waals surface area contributed by atoms with E-state index in [0.29, 0.717) is 23.9 Å². The summed E-state index contributed by atoms with van der Waals surface area (Å²) in [6, 6.07) is 16.2. The van der Waals surface area contributed by atoms with Gasteiger partial charge in [0.05, 0.1) is 23.8 Å². The summed E-state index contributed by atoms with van der Waals surface area (Å²) in [5.41, 5.74) is 5.32. The van der Waals surface area contributed by atoms with E-state index in [2.05, 4.69) is 71.4 Å². The average molecular weight is 566 g/mol. The zero-order chi connectivity index (χ0) is 29.6. The van der Waals surface area contributed by atoms with Crippen molar-refractivity contribution < 1.29 is 4.79 Å². The number of rotatable bonds is 4. The Bertz CT molecular complexity index is 1520. The number of nitriles is 1. The van der Waals surface area contributed by atoms with Gasteiger partial charge in [-0.3, -0.25) is 4.90 Å². The molecule has 218 valence electrons. The summed E-state index contributed by atoms with van der Waals surface area (Å²) in [6.07, 6.45) is 2.55. The van der Waals surface area contributed by atoms with Crippen molar-refractivity contribution in [3.63, 3.8) is 0 Å². The molecule has 0 spiro atoms. The minimum absolute atomic E-state index is 0.0620. The van der Waals surface area contributed by atoms with E-state index in [9.17, 15) is 10.1 Å². The third kappa shape index (κ3) is 5.21. The number of nitrogens with zero attached hydrogens (tertiary/aromatic N) is 7. The molecule has 3 aliphatic rings. The average Bonchev–Trinajstić information content (AvgIpc) is 2.99. The number of amides is 2. The molecule has 1 aromatic heterocycles. The van der Waals surface area contributed by atoms with Crippen molar-refractivity contribution in [2.24, 2.45) is 5.41 Å². The van der Waals surface area contributed by atoms with Crippen molar-refractivity contribution >= 4 is 34.9 Å². The number of benzene rings is 2. The lowest BCUT2D eigenvalue weighted by Crippen LogP contribution is -2.50. The Hall–Kier alpha value is -4.36. The van der Waals surface area contributed by atoms with Crippen LogP contribution in [0, 0.1) is 16.7 Å². The second kappa shape index (κ2) is 10.8. The van der Waals surface area contributed by atoms with Crippen LogP contribution in [0.15, 0.2) is 48.7 Å². The second-order valence-electron chi connectivity index (χ2n) is 12.7. The topological polar surface area (TPSA) is 104 Å². The van der Waals surface area contributed by atoms with Crippen molar-refractivity contribution in [3.05, 3.63) is 65.4 Å². The Labute approximate surface area is 247 Å². The van der Waals surface area contributed by atoms with E-state index in [0.717, 1.165) is 55.1 Å². The highest BCUT2D eigenvalue weighted by Crippen LogP contribution is 2.45.